The van der Waals surface area contributed by atoms with Crippen LogP contribution in [-0.4, -0.2) is 12.3 Å². The van der Waals surface area contributed by atoms with Gasteiger partial charge in [-0.1, -0.05) is 26.7 Å². The summed E-state index contributed by atoms with van der Waals surface area (Å²) in [6, 6.07) is 18.9. The van der Waals surface area contributed by atoms with Crippen LogP contribution in [0.4, 0.5) is 0 Å². The van der Waals surface area contributed by atoms with Gasteiger partial charge in [0.1, 0.15) is 0 Å². The summed E-state index contributed by atoms with van der Waals surface area (Å²) in [7, 11) is 0.181. The van der Waals surface area contributed by atoms with Crippen molar-refractivity contribution in [3.8, 4) is 0 Å². The monoisotopic (exact) mass is 305 g/mol. The number of hydrogen-bond donors (Lipinski definition) is 0. The van der Waals surface area contributed by atoms with Gasteiger partial charge in [-0.3, -0.25) is 0 Å². The van der Waals surface area contributed by atoms with Crippen LogP contribution in [0.2, 0.25) is 0 Å². The molecule has 2 aromatic rings. The predicted octanol–water partition coefficient (Wildman–Crippen LogP) is 4.74. The molecule has 0 unspecified atom stereocenters. The van der Waals surface area contributed by atoms with Crippen LogP contribution in [0.15, 0.2) is 54.6 Å². The molecule has 2 heteroatoms. The molecule has 0 nitrogen and oxygen atoms in total. The Morgan fingerprint density at radius 3 is 1.56 bits per heavy atom. The van der Waals surface area contributed by atoms with Gasteiger partial charge in [0, 0.05) is 16.8 Å². The average Bonchev–Trinajstić information content (AvgIpc) is 3.05. The summed E-state index contributed by atoms with van der Waals surface area (Å²) in [6.07, 6.45) is 5.48. The van der Waals surface area contributed by atoms with E-state index in [-0.39, 0.29) is 24.7 Å². The molecule has 2 rings (SSSR count). The molecule has 0 saturated carbocycles. The van der Waals surface area contributed by atoms with Crippen molar-refractivity contribution in [1.29, 1.82) is 0 Å². The van der Waals surface area contributed by atoms with E-state index >= 15 is 0 Å². The van der Waals surface area contributed by atoms with Crippen LogP contribution >= 0.6 is 7.92 Å². The van der Waals surface area contributed by atoms with Crippen molar-refractivity contribution >= 4 is 13.2 Å². The second-order valence-electron chi connectivity index (χ2n) is 4.09. The van der Waals surface area contributed by atoms with Gasteiger partial charge < -0.3 is 30.3 Å². The molecular formula is C16H23CoP-6. The molecule has 0 aliphatic heterocycles. The van der Waals surface area contributed by atoms with E-state index in [1.54, 1.807) is 5.30 Å². The molecule has 0 N–H and O–H groups in total. The van der Waals surface area contributed by atoms with Crippen molar-refractivity contribution in [2.45, 2.75) is 26.7 Å². The summed E-state index contributed by atoms with van der Waals surface area (Å²) in [4.78, 5) is 0. The van der Waals surface area contributed by atoms with Crippen LogP contribution in [-0.2, 0) is 16.8 Å². The minimum absolute atomic E-state index is 0. The van der Waals surface area contributed by atoms with E-state index in [2.05, 4.69) is 38.1 Å². The predicted molar refractivity (Wildman–Crippen MR) is 80.9 cm³/mol. The van der Waals surface area contributed by atoms with Crippen molar-refractivity contribution < 1.29 is 16.8 Å². The molecule has 0 heterocycles. The third kappa shape index (κ3) is 7.16. The van der Waals surface area contributed by atoms with Gasteiger partial charge in [-0.2, -0.15) is 12.1 Å². The molecule has 1 radical (unpaired) electrons. The van der Waals surface area contributed by atoms with Gasteiger partial charge in [0.25, 0.3) is 0 Å². The molecular weight excluding hydrogens is 282 g/mol. The normalized spacial score (nSPS) is 9.50. The van der Waals surface area contributed by atoms with E-state index in [1.165, 1.54) is 25.2 Å². The molecule has 0 atom stereocenters. The molecule has 0 amide bonds. The van der Waals surface area contributed by atoms with Crippen LogP contribution in [0, 0.1) is 0 Å². The minimum Gasteiger partial charge on any atom is -0.748 e. The van der Waals surface area contributed by atoms with Gasteiger partial charge in [0.2, 0.25) is 0 Å². The Balaban J connectivity index is 0.000000405. The first-order valence-electron chi connectivity index (χ1n) is 6.51. The quantitative estimate of drug-likeness (QED) is 0.553. The van der Waals surface area contributed by atoms with Crippen molar-refractivity contribution in [2.24, 2.45) is 0 Å². The van der Waals surface area contributed by atoms with E-state index in [4.69, 9.17) is 0 Å². The van der Waals surface area contributed by atoms with Gasteiger partial charge in [-0.15, -0.1) is 13.2 Å². The SMILES string of the molecule is CCCP(CCC)[c-]1cccc1.[Co].[cH-]1[cH-][cH-][cH-][cH-]1. The standard InChI is InChI=1S/C11H18P.C5H5.Co/c1-3-9-12(10-4-2)11-7-5-6-8-11;1-2-4-5-3-1;/h5-8H,3-4,9-10H2,1-2H3;1-5H;/q-1;-5;. The third-order valence-corrected chi connectivity index (χ3v) is 5.56. The molecule has 107 valence electrons. The van der Waals surface area contributed by atoms with Gasteiger partial charge in [-0.05, 0) is 12.3 Å². The second kappa shape index (κ2) is 11.7. The fourth-order valence-electron chi connectivity index (χ4n) is 1.81. The van der Waals surface area contributed by atoms with Crippen LogP contribution in [0.5, 0.6) is 0 Å². The zero-order chi connectivity index (χ0) is 12.3. The molecule has 0 saturated heterocycles. The minimum atomic E-state index is 0. The Bertz CT molecular complexity index is 314. The van der Waals surface area contributed by atoms with E-state index < -0.39 is 0 Å². The van der Waals surface area contributed by atoms with E-state index in [1.807, 2.05) is 30.3 Å². The third-order valence-electron chi connectivity index (χ3n) is 2.55. The zero-order valence-electron chi connectivity index (χ0n) is 11.3. The molecule has 0 fully saturated rings. The molecule has 0 bridgehead atoms. The average molecular weight is 305 g/mol. The Morgan fingerprint density at radius 2 is 1.22 bits per heavy atom. The van der Waals surface area contributed by atoms with E-state index in [9.17, 15) is 0 Å². The summed E-state index contributed by atoms with van der Waals surface area (Å²) in [6.45, 7) is 4.57. The second-order valence-corrected chi connectivity index (χ2v) is 6.58. The molecule has 0 spiro atoms. The zero-order valence-corrected chi connectivity index (χ0v) is 13.2. The van der Waals surface area contributed by atoms with E-state index in [0.29, 0.717) is 0 Å². The fraction of sp³-hybridized carbons (Fsp3) is 0.375. The Morgan fingerprint density at radius 1 is 0.833 bits per heavy atom. The van der Waals surface area contributed by atoms with E-state index in [0.717, 1.165) is 0 Å². The molecule has 0 aliphatic rings. The van der Waals surface area contributed by atoms with Crippen molar-refractivity contribution in [2.75, 3.05) is 12.3 Å². The summed E-state index contributed by atoms with van der Waals surface area (Å²) < 4.78 is 0. The molecule has 0 aromatic heterocycles. The summed E-state index contributed by atoms with van der Waals surface area (Å²) in [5.74, 6) is 0. The number of hydrogen-bond acceptors (Lipinski definition) is 0. The molecule has 2 aromatic carbocycles. The first kappa shape index (κ1) is 17.6. The summed E-state index contributed by atoms with van der Waals surface area (Å²) in [5, 5.41) is 1.61. The van der Waals surface area contributed by atoms with Gasteiger partial charge in [0.05, 0.1) is 0 Å². The van der Waals surface area contributed by atoms with Crippen LogP contribution in [0.3, 0.4) is 0 Å². The summed E-state index contributed by atoms with van der Waals surface area (Å²) >= 11 is 0. The molecule has 0 aliphatic carbocycles. The first-order valence-corrected chi connectivity index (χ1v) is 8.23. The van der Waals surface area contributed by atoms with Crippen molar-refractivity contribution in [3.63, 3.8) is 0 Å². The maximum absolute atomic E-state index is 2.29. The van der Waals surface area contributed by atoms with Gasteiger partial charge >= 0.3 is 0 Å². The Kier molecular flexibility index (Phi) is 11.5. The maximum Gasteiger partial charge on any atom is 0 e. The van der Waals surface area contributed by atoms with Crippen LogP contribution in [0.1, 0.15) is 26.7 Å². The maximum atomic E-state index is 2.29. The van der Waals surface area contributed by atoms with Crippen molar-refractivity contribution in [3.05, 3.63) is 54.6 Å². The Labute approximate surface area is 123 Å². The van der Waals surface area contributed by atoms with Gasteiger partial charge in [0.15, 0.2) is 0 Å². The largest absolute Gasteiger partial charge is 0.748 e. The summed E-state index contributed by atoms with van der Waals surface area (Å²) in [5.41, 5.74) is 0. The Hall–Kier alpha value is -0.364. The smallest absolute Gasteiger partial charge is 0 e. The topological polar surface area (TPSA) is 0 Å². The molecule has 18 heavy (non-hydrogen) atoms. The van der Waals surface area contributed by atoms with Gasteiger partial charge in [-0.25, -0.2) is 12.1 Å². The van der Waals surface area contributed by atoms with Crippen LogP contribution < -0.4 is 5.30 Å². The van der Waals surface area contributed by atoms with Crippen molar-refractivity contribution in [1.82, 2.24) is 0 Å². The fourth-order valence-corrected chi connectivity index (χ4v) is 4.22. The van der Waals surface area contributed by atoms with Crippen LogP contribution in [0.25, 0.3) is 0 Å². The first-order chi connectivity index (χ1) is 8.38. The number of rotatable bonds is 5.